The molecule has 0 bridgehead atoms. The molecule has 1 aromatic rings. The predicted octanol–water partition coefficient (Wildman–Crippen LogP) is 3.52. The molecule has 122 valence electrons. The smallest absolute Gasteiger partial charge is 0.407 e. The number of carbonyl (C=O) groups is 1. The molecule has 5 heteroatoms. The van der Waals surface area contributed by atoms with E-state index in [1.807, 2.05) is 45.0 Å². The topological polar surface area (TPSA) is 76.4 Å². The highest BCUT2D eigenvalue weighted by Crippen LogP contribution is 2.25. The second-order valence-electron chi connectivity index (χ2n) is 6.94. The first-order valence-electron chi connectivity index (χ1n) is 7.94. The lowest BCUT2D eigenvalue weighted by molar-refractivity contribution is 0.0492. The fraction of sp³-hybridized carbons (Fsp3) is 0.588. The van der Waals surface area contributed by atoms with E-state index in [4.69, 9.17) is 10.5 Å². The number of alkyl carbamates (subject to hydrolysis) is 1. The van der Waals surface area contributed by atoms with E-state index in [1.54, 1.807) is 0 Å². The van der Waals surface area contributed by atoms with E-state index >= 15 is 0 Å². The van der Waals surface area contributed by atoms with Gasteiger partial charge >= 0.3 is 6.09 Å². The molecule has 0 saturated heterocycles. The zero-order valence-electron chi connectivity index (χ0n) is 13.7. The van der Waals surface area contributed by atoms with Crippen molar-refractivity contribution in [1.82, 2.24) is 5.32 Å². The fourth-order valence-corrected chi connectivity index (χ4v) is 2.77. The number of carbonyl (C=O) groups excluding carboxylic acids is 1. The molecule has 1 aromatic carbocycles. The molecule has 0 aromatic heterocycles. The number of nitrogens with two attached hydrogens (primary N) is 1. The van der Waals surface area contributed by atoms with E-state index in [9.17, 15) is 4.79 Å². The summed E-state index contributed by atoms with van der Waals surface area (Å²) in [6.07, 6.45) is 3.69. The van der Waals surface area contributed by atoms with Crippen molar-refractivity contribution in [2.75, 3.05) is 11.1 Å². The zero-order chi connectivity index (χ0) is 16.2. The van der Waals surface area contributed by atoms with Crippen molar-refractivity contribution in [3.05, 3.63) is 24.3 Å². The van der Waals surface area contributed by atoms with Crippen molar-refractivity contribution in [3.63, 3.8) is 0 Å². The first-order chi connectivity index (χ1) is 10.3. The number of hydrogen-bond acceptors (Lipinski definition) is 4. The molecule has 2 rings (SSSR count). The Labute approximate surface area is 132 Å². The highest BCUT2D eigenvalue weighted by molar-refractivity contribution is 5.68. The molecule has 5 nitrogen and oxygen atoms in total. The first-order valence-corrected chi connectivity index (χ1v) is 7.94. The SMILES string of the molecule is CC(C)(C)OC(=O)N[C@@H]1CCC[C@@H](Nc2ccccc2N)C1. The molecule has 0 heterocycles. The van der Waals surface area contributed by atoms with Gasteiger partial charge < -0.3 is 21.1 Å². The number of nitrogen functional groups attached to an aromatic ring is 1. The Kier molecular flexibility index (Phi) is 5.16. The number of hydrogen-bond donors (Lipinski definition) is 3. The van der Waals surface area contributed by atoms with Crippen LogP contribution in [0.15, 0.2) is 24.3 Å². The van der Waals surface area contributed by atoms with E-state index in [2.05, 4.69) is 10.6 Å². The minimum atomic E-state index is -0.463. The van der Waals surface area contributed by atoms with Gasteiger partial charge in [-0.25, -0.2) is 4.79 Å². The van der Waals surface area contributed by atoms with Crippen LogP contribution in [-0.2, 0) is 4.74 Å². The monoisotopic (exact) mass is 305 g/mol. The number of nitrogens with one attached hydrogen (secondary N) is 2. The largest absolute Gasteiger partial charge is 0.444 e. The first kappa shape index (κ1) is 16.5. The summed E-state index contributed by atoms with van der Waals surface area (Å²) >= 11 is 0. The Morgan fingerprint density at radius 2 is 1.91 bits per heavy atom. The van der Waals surface area contributed by atoms with E-state index in [0.29, 0.717) is 6.04 Å². The van der Waals surface area contributed by atoms with Crippen LogP contribution in [0.2, 0.25) is 0 Å². The van der Waals surface area contributed by atoms with Crippen LogP contribution in [0, 0.1) is 0 Å². The molecule has 0 unspecified atom stereocenters. The predicted molar refractivity (Wildman–Crippen MR) is 89.9 cm³/mol. The van der Waals surface area contributed by atoms with Gasteiger partial charge in [-0.2, -0.15) is 0 Å². The maximum atomic E-state index is 11.9. The van der Waals surface area contributed by atoms with Crippen LogP contribution in [0.5, 0.6) is 0 Å². The number of para-hydroxylation sites is 2. The molecule has 22 heavy (non-hydrogen) atoms. The zero-order valence-corrected chi connectivity index (χ0v) is 13.7. The summed E-state index contributed by atoms with van der Waals surface area (Å²) in [5.41, 5.74) is 7.22. The molecule has 4 N–H and O–H groups in total. The highest BCUT2D eigenvalue weighted by Gasteiger charge is 2.25. The molecule has 0 spiro atoms. The molecular weight excluding hydrogens is 278 g/mol. The van der Waals surface area contributed by atoms with Crippen molar-refractivity contribution in [2.45, 2.75) is 64.1 Å². The van der Waals surface area contributed by atoms with Gasteiger partial charge in [0.2, 0.25) is 0 Å². The molecule has 1 fully saturated rings. The number of ether oxygens (including phenoxy) is 1. The van der Waals surface area contributed by atoms with Gasteiger partial charge in [0.15, 0.2) is 0 Å². The molecule has 1 amide bonds. The Morgan fingerprint density at radius 3 is 2.59 bits per heavy atom. The van der Waals surface area contributed by atoms with Crippen LogP contribution in [0.3, 0.4) is 0 Å². The Hall–Kier alpha value is -1.91. The Morgan fingerprint density at radius 1 is 1.23 bits per heavy atom. The summed E-state index contributed by atoms with van der Waals surface area (Å²) in [7, 11) is 0. The fourth-order valence-electron chi connectivity index (χ4n) is 2.77. The summed E-state index contributed by atoms with van der Waals surface area (Å²) in [6.45, 7) is 5.61. The van der Waals surface area contributed by atoms with Gasteiger partial charge in [0.05, 0.1) is 11.4 Å². The van der Waals surface area contributed by atoms with Crippen LogP contribution in [0.1, 0.15) is 46.5 Å². The van der Waals surface area contributed by atoms with Crippen molar-refractivity contribution in [3.8, 4) is 0 Å². The molecule has 0 radical (unpaired) electrons. The lowest BCUT2D eigenvalue weighted by Gasteiger charge is -2.32. The number of benzene rings is 1. The molecule has 2 atom stereocenters. The second-order valence-corrected chi connectivity index (χ2v) is 6.94. The molecular formula is C17H27N3O2. The maximum Gasteiger partial charge on any atom is 0.407 e. The minimum Gasteiger partial charge on any atom is -0.444 e. The van der Waals surface area contributed by atoms with Crippen LogP contribution in [0.4, 0.5) is 16.2 Å². The normalized spacial score (nSPS) is 22.0. The van der Waals surface area contributed by atoms with Gasteiger partial charge in [0.1, 0.15) is 5.60 Å². The van der Waals surface area contributed by atoms with Crippen molar-refractivity contribution in [1.29, 1.82) is 0 Å². The van der Waals surface area contributed by atoms with E-state index in [-0.39, 0.29) is 12.1 Å². The summed E-state index contributed by atoms with van der Waals surface area (Å²) in [5.74, 6) is 0. The van der Waals surface area contributed by atoms with Crippen LogP contribution < -0.4 is 16.4 Å². The highest BCUT2D eigenvalue weighted by atomic mass is 16.6. The molecule has 1 aliphatic carbocycles. The van der Waals surface area contributed by atoms with Gasteiger partial charge in [0.25, 0.3) is 0 Å². The lowest BCUT2D eigenvalue weighted by atomic mass is 9.91. The van der Waals surface area contributed by atoms with Crippen molar-refractivity contribution < 1.29 is 9.53 Å². The quantitative estimate of drug-likeness (QED) is 0.747. The summed E-state index contributed by atoms with van der Waals surface area (Å²) in [5, 5.41) is 6.46. The van der Waals surface area contributed by atoms with Gasteiger partial charge in [-0.1, -0.05) is 12.1 Å². The lowest BCUT2D eigenvalue weighted by Crippen LogP contribution is -2.43. The van der Waals surface area contributed by atoms with Gasteiger partial charge in [-0.15, -0.1) is 0 Å². The Balaban J connectivity index is 1.87. The third kappa shape index (κ3) is 5.13. The average Bonchev–Trinajstić information content (AvgIpc) is 2.39. The van der Waals surface area contributed by atoms with Crippen molar-refractivity contribution >= 4 is 17.5 Å². The number of amides is 1. The Bertz CT molecular complexity index is 511. The van der Waals surface area contributed by atoms with Crippen LogP contribution in [0.25, 0.3) is 0 Å². The average molecular weight is 305 g/mol. The van der Waals surface area contributed by atoms with Crippen LogP contribution in [-0.4, -0.2) is 23.8 Å². The van der Waals surface area contributed by atoms with Gasteiger partial charge in [-0.3, -0.25) is 0 Å². The number of rotatable bonds is 3. The summed E-state index contributed by atoms with van der Waals surface area (Å²) in [6, 6.07) is 8.23. The molecule has 0 aliphatic heterocycles. The van der Waals surface area contributed by atoms with Gasteiger partial charge in [-0.05, 0) is 58.6 Å². The summed E-state index contributed by atoms with van der Waals surface area (Å²) in [4.78, 5) is 11.9. The van der Waals surface area contributed by atoms with Crippen LogP contribution >= 0.6 is 0 Å². The van der Waals surface area contributed by atoms with E-state index in [1.165, 1.54) is 0 Å². The van der Waals surface area contributed by atoms with E-state index in [0.717, 1.165) is 37.1 Å². The molecule has 1 aliphatic rings. The minimum absolute atomic E-state index is 0.144. The third-order valence-electron chi connectivity index (χ3n) is 3.72. The maximum absolute atomic E-state index is 11.9. The molecule has 1 saturated carbocycles. The van der Waals surface area contributed by atoms with Gasteiger partial charge in [0, 0.05) is 12.1 Å². The summed E-state index contributed by atoms with van der Waals surface area (Å²) < 4.78 is 5.32. The second kappa shape index (κ2) is 6.90. The number of anilines is 2. The van der Waals surface area contributed by atoms with Crippen molar-refractivity contribution in [2.24, 2.45) is 0 Å². The standard InChI is InChI=1S/C17H27N3O2/c1-17(2,3)22-16(21)20-13-8-6-7-12(11-13)19-15-10-5-4-9-14(15)18/h4-5,9-10,12-13,19H,6-8,11,18H2,1-3H3,(H,20,21)/t12-,13-/m1/s1. The third-order valence-corrected chi connectivity index (χ3v) is 3.72. The van der Waals surface area contributed by atoms with E-state index < -0.39 is 5.60 Å².